The van der Waals surface area contributed by atoms with E-state index in [1.165, 1.54) is 30.5 Å². The zero-order chi connectivity index (χ0) is 21.7. The number of nitrogens with zero attached hydrogens (tertiary/aromatic N) is 2. The molecule has 1 N–H and O–H groups in total. The summed E-state index contributed by atoms with van der Waals surface area (Å²) in [7, 11) is 0. The molecule has 0 spiro atoms. The third-order valence-electron chi connectivity index (χ3n) is 4.15. The smallest absolute Gasteiger partial charge is 0.342 e. The summed E-state index contributed by atoms with van der Waals surface area (Å²) in [4.78, 5) is 40.1. The zero-order valence-corrected chi connectivity index (χ0v) is 16.5. The number of benzene rings is 2. The largest absolute Gasteiger partial charge is 0.444 e. The predicted octanol–water partition coefficient (Wildman–Crippen LogP) is 4.49. The maximum absolute atomic E-state index is 13.0. The van der Waals surface area contributed by atoms with Crippen LogP contribution >= 0.6 is 11.6 Å². The van der Waals surface area contributed by atoms with Gasteiger partial charge in [0.1, 0.15) is 10.8 Å². The molecule has 0 aliphatic rings. The molecule has 152 valence electrons. The van der Waals surface area contributed by atoms with Gasteiger partial charge < -0.3 is 10.1 Å². The highest BCUT2D eigenvalue weighted by molar-refractivity contribution is 6.32. The summed E-state index contributed by atoms with van der Waals surface area (Å²) in [5.41, 5.74) is 0.771. The van der Waals surface area contributed by atoms with Crippen molar-refractivity contribution < 1.29 is 19.2 Å². The van der Waals surface area contributed by atoms with E-state index in [2.05, 4.69) is 10.3 Å². The minimum Gasteiger partial charge on any atom is -0.444 e. The monoisotopic (exact) mass is 425 g/mol. The van der Waals surface area contributed by atoms with E-state index >= 15 is 0 Å². The first-order valence-corrected chi connectivity index (χ1v) is 9.17. The number of ether oxygens (including phenoxy) is 1. The average Bonchev–Trinajstić information content (AvgIpc) is 2.73. The molecule has 1 atom stereocenters. The van der Waals surface area contributed by atoms with E-state index in [9.17, 15) is 19.7 Å². The van der Waals surface area contributed by atoms with Crippen molar-refractivity contribution in [2.75, 3.05) is 5.32 Å². The van der Waals surface area contributed by atoms with E-state index in [-0.39, 0.29) is 22.1 Å². The molecule has 0 saturated heterocycles. The van der Waals surface area contributed by atoms with Gasteiger partial charge in [-0.25, -0.2) is 9.78 Å². The van der Waals surface area contributed by atoms with Gasteiger partial charge in [-0.1, -0.05) is 48.0 Å². The summed E-state index contributed by atoms with van der Waals surface area (Å²) in [6, 6.07) is 15.6. The van der Waals surface area contributed by atoms with E-state index in [1.807, 2.05) is 0 Å². The zero-order valence-electron chi connectivity index (χ0n) is 15.7. The SMILES string of the molecule is Cc1ccc(NC(=O)[C@@H](OC(=O)c2cccnc2Cl)c2ccccc2)c([N+](=O)[O-])c1. The van der Waals surface area contributed by atoms with Crippen molar-refractivity contribution in [3.8, 4) is 0 Å². The fourth-order valence-corrected chi connectivity index (χ4v) is 2.90. The first-order chi connectivity index (χ1) is 14.4. The topological polar surface area (TPSA) is 111 Å². The van der Waals surface area contributed by atoms with Gasteiger partial charge in [0.2, 0.25) is 6.10 Å². The molecule has 1 amide bonds. The number of hydrogen-bond donors (Lipinski definition) is 1. The molecule has 3 rings (SSSR count). The Morgan fingerprint density at radius 3 is 2.53 bits per heavy atom. The molecule has 1 aromatic heterocycles. The summed E-state index contributed by atoms with van der Waals surface area (Å²) in [5, 5.41) is 13.8. The van der Waals surface area contributed by atoms with Gasteiger partial charge in [0, 0.05) is 17.8 Å². The minimum atomic E-state index is -1.36. The predicted molar refractivity (Wildman–Crippen MR) is 110 cm³/mol. The Morgan fingerprint density at radius 2 is 1.87 bits per heavy atom. The summed E-state index contributed by atoms with van der Waals surface area (Å²) in [6.07, 6.45) is 0.0488. The summed E-state index contributed by atoms with van der Waals surface area (Å²) < 4.78 is 5.42. The van der Waals surface area contributed by atoms with Crippen LogP contribution < -0.4 is 5.32 Å². The number of anilines is 1. The number of halogens is 1. The molecule has 2 aromatic carbocycles. The Kier molecular flexibility index (Phi) is 6.38. The Bertz CT molecular complexity index is 1100. The van der Waals surface area contributed by atoms with Gasteiger partial charge >= 0.3 is 5.97 Å². The van der Waals surface area contributed by atoms with E-state index in [0.717, 1.165) is 0 Å². The Hall–Kier alpha value is -3.78. The van der Waals surface area contributed by atoms with Crippen LogP contribution in [0.5, 0.6) is 0 Å². The normalized spacial score (nSPS) is 11.4. The van der Waals surface area contributed by atoms with Crippen LogP contribution in [0.15, 0.2) is 66.9 Å². The summed E-state index contributed by atoms with van der Waals surface area (Å²) in [5.74, 6) is -1.60. The highest BCUT2D eigenvalue weighted by Crippen LogP contribution is 2.28. The Morgan fingerprint density at radius 1 is 1.13 bits per heavy atom. The van der Waals surface area contributed by atoms with Crippen molar-refractivity contribution in [2.45, 2.75) is 13.0 Å². The maximum Gasteiger partial charge on any atom is 0.342 e. The molecule has 0 radical (unpaired) electrons. The Balaban J connectivity index is 1.92. The minimum absolute atomic E-state index is 0.00536. The number of nitrogens with one attached hydrogen (secondary N) is 1. The van der Waals surface area contributed by atoms with Gasteiger partial charge in [-0.2, -0.15) is 0 Å². The number of esters is 1. The van der Waals surface area contributed by atoms with Gasteiger partial charge in [0.05, 0.1) is 10.5 Å². The first-order valence-electron chi connectivity index (χ1n) is 8.79. The second-order valence-electron chi connectivity index (χ2n) is 6.30. The van der Waals surface area contributed by atoms with E-state index in [1.54, 1.807) is 43.3 Å². The van der Waals surface area contributed by atoms with Gasteiger partial charge in [0.25, 0.3) is 11.6 Å². The lowest BCUT2D eigenvalue weighted by Crippen LogP contribution is -2.26. The number of pyridine rings is 1. The van der Waals surface area contributed by atoms with Crippen LogP contribution in [-0.2, 0) is 9.53 Å². The van der Waals surface area contributed by atoms with Crippen LogP contribution in [0.1, 0.15) is 27.6 Å². The van der Waals surface area contributed by atoms with Crippen LogP contribution in [-0.4, -0.2) is 21.8 Å². The summed E-state index contributed by atoms with van der Waals surface area (Å²) in [6.45, 7) is 1.70. The Labute approximate surface area is 176 Å². The molecule has 9 heteroatoms. The molecule has 0 aliphatic heterocycles. The quantitative estimate of drug-likeness (QED) is 0.269. The lowest BCUT2D eigenvalue weighted by atomic mass is 10.1. The summed E-state index contributed by atoms with van der Waals surface area (Å²) >= 11 is 5.94. The number of nitro groups is 1. The lowest BCUT2D eigenvalue weighted by Gasteiger charge is -2.18. The molecule has 8 nitrogen and oxygen atoms in total. The molecule has 1 heterocycles. The number of rotatable bonds is 6. The molecule has 0 saturated carbocycles. The highest BCUT2D eigenvalue weighted by atomic mass is 35.5. The second-order valence-corrected chi connectivity index (χ2v) is 6.66. The molecule has 0 fully saturated rings. The van der Waals surface area contributed by atoms with Gasteiger partial charge in [-0.15, -0.1) is 0 Å². The number of nitro benzene ring substituents is 1. The highest BCUT2D eigenvalue weighted by Gasteiger charge is 2.28. The third kappa shape index (κ3) is 4.79. The number of hydrogen-bond acceptors (Lipinski definition) is 6. The number of amides is 1. The fourth-order valence-electron chi connectivity index (χ4n) is 2.71. The van der Waals surface area contributed by atoms with Crippen molar-refractivity contribution in [3.63, 3.8) is 0 Å². The van der Waals surface area contributed by atoms with E-state index in [0.29, 0.717) is 11.1 Å². The lowest BCUT2D eigenvalue weighted by molar-refractivity contribution is -0.384. The molecule has 30 heavy (non-hydrogen) atoms. The molecule has 3 aromatic rings. The van der Waals surface area contributed by atoms with Crippen molar-refractivity contribution in [1.82, 2.24) is 4.98 Å². The van der Waals surface area contributed by atoms with Gasteiger partial charge in [-0.3, -0.25) is 14.9 Å². The third-order valence-corrected chi connectivity index (χ3v) is 4.45. The van der Waals surface area contributed by atoms with Crippen molar-refractivity contribution >= 4 is 34.9 Å². The molecule has 0 bridgehead atoms. The van der Waals surface area contributed by atoms with Gasteiger partial charge in [-0.05, 0) is 30.7 Å². The molecule has 0 unspecified atom stereocenters. The average molecular weight is 426 g/mol. The van der Waals surface area contributed by atoms with Crippen LogP contribution in [0.3, 0.4) is 0 Å². The number of aryl methyl sites for hydroxylation is 1. The maximum atomic E-state index is 13.0. The number of carbonyl (C=O) groups excluding carboxylic acids is 2. The molecule has 0 aliphatic carbocycles. The van der Waals surface area contributed by atoms with Crippen molar-refractivity contribution in [3.05, 3.63) is 98.8 Å². The van der Waals surface area contributed by atoms with E-state index < -0.39 is 22.9 Å². The van der Waals surface area contributed by atoms with Crippen molar-refractivity contribution in [2.24, 2.45) is 0 Å². The number of carbonyl (C=O) groups is 2. The second kappa shape index (κ2) is 9.15. The fraction of sp³-hybridized carbons (Fsp3) is 0.0952. The van der Waals surface area contributed by atoms with Crippen LogP contribution in [0.25, 0.3) is 0 Å². The van der Waals surface area contributed by atoms with E-state index in [4.69, 9.17) is 16.3 Å². The molecular formula is C21H16ClN3O5. The van der Waals surface area contributed by atoms with Gasteiger partial charge in [0.15, 0.2) is 0 Å². The van der Waals surface area contributed by atoms with Crippen LogP contribution in [0.2, 0.25) is 5.15 Å². The van der Waals surface area contributed by atoms with Crippen molar-refractivity contribution in [1.29, 1.82) is 0 Å². The molecular weight excluding hydrogens is 410 g/mol. The first kappa shape index (κ1) is 20.9. The number of aromatic nitrogens is 1. The van der Waals surface area contributed by atoms with Crippen LogP contribution in [0, 0.1) is 17.0 Å². The standard InChI is InChI=1S/C21H16ClN3O5/c1-13-9-10-16(17(12-13)25(28)29)24-20(26)18(14-6-3-2-4-7-14)30-21(27)15-8-5-11-23-19(15)22/h2-12,18H,1H3,(H,24,26)/t18-/m0/s1. The van der Waals surface area contributed by atoms with Crippen LogP contribution in [0.4, 0.5) is 11.4 Å².